The minimum Gasteiger partial charge on any atom is -0.488 e. The number of methoxy groups -OCH3 is 1. The molecule has 0 amide bonds. The SMILES string of the molecule is CCOC(COc1ccc(C2(C(=O)OC)CC2)cc1)OCC. The first-order chi connectivity index (χ1) is 10.7. The summed E-state index contributed by atoms with van der Waals surface area (Å²) in [5, 5.41) is 0. The second-order valence-electron chi connectivity index (χ2n) is 5.25. The molecule has 1 aliphatic rings. The van der Waals surface area contributed by atoms with E-state index in [1.54, 1.807) is 0 Å². The first kappa shape index (κ1) is 16.8. The number of ether oxygens (including phenoxy) is 4. The van der Waals surface area contributed by atoms with Crippen molar-refractivity contribution in [2.75, 3.05) is 26.9 Å². The molecule has 22 heavy (non-hydrogen) atoms. The summed E-state index contributed by atoms with van der Waals surface area (Å²) >= 11 is 0. The molecule has 1 fully saturated rings. The Balaban J connectivity index is 1.93. The molecular weight excluding hydrogens is 284 g/mol. The average molecular weight is 308 g/mol. The molecule has 5 nitrogen and oxygen atoms in total. The zero-order valence-electron chi connectivity index (χ0n) is 13.5. The lowest BCUT2D eigenvalue weighted by Crippen LogP contribution is -2.25. The highest BCUT2D eigenvalue weighted by atomic mass is 16.7. The summed E-state index contributed by atoms with van der Waals surface area (Å²) < 4.78 is 21.4. The van der Waals surface area contributed by atoms with Crippen molar-refractivity contribution in [1.29, 1.82) is 0 Å². The molecule has 0 atom stereocenters. The number of rotatable bonds is 9. The molecule has 0 spiro atoms. The van der Waals surface area contributed by atoms with Crippen molar-refractivity contribution < 1.29 is 23.7 Å². The Morgan fingerprint density at radius 2 is 1.73 bits per heavy atom. The number of benzene rings is 1. The zero-order valence-corrected chi connectivity index (χ0v) is 13.5. The number of hydrogen-bond acceptors (Lipinski definition) is 5. The third-order valence-corrected chi connectivity index (χ3v) is 3.82. The minimum atomic E-state index is -0.438. The van der Waals surface area contributed by atoms with Crippen LogP contribution in [0.4, 0.5) is 0 Å². The molecule has 0 bridgehead atoms. The van der Waals surface area contributed by atoms with Crippen LogP contribution in [0, 0.1) is 0 Å². The maximum atomic E-state index is 11.9. The predicted molar refractivity (Wildman–Crippen MR) is 81.9 cm³/mol. The van der Waals surface area contributed by atoms with Gasteiger partial charge in [0.2, 0.25) is 0 Å². The van der Waals surface area contributed by atoms with E-state index in [2.05, 4.69) is 0 Å². The Kier molecular flexibility index (Phi) is 5.80. The van der Waals surface area contributed by atoms with Crippen molar-refractivity contribution in [2.24, 2.45) is 0 Å². The van der Waals surface area contributed by atoms with Crippen LogP contribution in [0.3, 0.4) is 0 Å². The lowest BCUT2D eigenvalue weighted by Gasteiger charge is -2.18. The summed E-state index contributed by atoms with van der Waals surface area (Å²) in [6.07, 6.45) is 1.33. The van der Waals surface area contributed by atoms with Crippen LogP contribution >= 0.6 is 0 Å². The summed E-state index contributed by atoms with van der Waals surface area (Å²) in [4.78, 5) is 11.9. The summed E-state index contributed by atoms with van der Waals surface area (Å²) in [5.41, 5.74) is 0.546. The lowest BCUT2D eigenvalue weighted by atomic mass is 9.96. The molecular formula is C17H24O5. The molecule has 0 unspecified atom stereocenters. The van der Waals surface area contributed by atoms with E-state index in [0.29, 0.717) is 19.8 Å². The highest BCUT2D eigenvalue weighted by Crippen LogP contribution is 2.49. The van der Waals surface area contributed by atoms with E-state index in [1.807, 2.05) is 38.1 Å². The monoisotopic (exact) mass is 308 g/mol. The Morgan fingerprint density at radius 1 is 1.14 bits per heavy atom. The molecule has 1 aromatic rings. The van der Waals surface area contributed by atoms with Crippen LogP contribution in [-0.4, -0.2) is 39.2 Å². The fraction of sp³-hybridized carbons (Fsp3) is 0.588. The summed E-state index contributed by atoms with van der Waals surface area (Å²) in [6.45, 7) is 5.33. The van der Waals surface area contributed by atoms with E-state index in [4.69, 9.17) is 18.9 Å². The molecule has 1 aliphatic carbocycles. The Bertz CT molecular complexity index is 472. The van der Waals surface area contributed by atoms with Crippen molar-refractivity contribution in [3.8, 4) is 5.75 Å². The Labute approximate surface area is 131 Å². The van der Waals surface area contributed by atoms with E-state index in [9.17, 15) is 4.79 Å². The average Bonchev–Trinajstić information content (AvgIpc) is 3.34. The second-order valence-corrected chi connectivity index (χ2v) is 5.25. The number of hydrogen-bond donors (Lipinski definition) is 0. The normalized spacial score (nSPS) is 15.6. The van der Waals surface area contributed by atoms with Crippen LogP contribution < -0.4 is 4.74 Å². The summed E-state index contributed by atoms with van der Waals surface area (Å²) in [6, 6.07) is 7.59. The number of esters is 1. The fourth-order valence-corrected chi connectivity index (χ4v) is 2.48. The smallest absolute Gasteiger partial charge is 0.316 e. The Morgan fingerprint density at radius 3 is 2.18 bits per heavy atom. The van der Waals surface area contributed by atoms with Gasteiger partial charge in [-0.3, -0.25) is 4.79 Å². The molecule has 0 aromatic heterocycles. The largest absolute Gasteiger partial charge is 0.488 e. The number of carbonyl (C=O) groups is 1. The summed E-state index contributed by atoms with van der Waals surface area (Å²) in [5.74, 6) is 0.572. The Hall–Kier alpha value is -1.59. The van der Waals surface area contributed by atoms with Crippen molar-refractivity contribution in [2.45, 2.75) is 38.4 Å². The van der Waals surface area contributed by atoms with Gasteiger partial charge >= 0.3 is 5.97 Å². The van der Waals surface area contributed by atoms with Gasteiger partial charge in [0.05, 0.1) is 12.5 Å². The molecule has 0 aliphatic heterocycles. The first-order valence-electron chi connectivity index (χ1n) is 7.71. The zero-order chi connectivity index (χ0) is 16.0. The van der Waals surface area contributed by atoms with Crippen LogP contribution in [-0.2, 0) is 24.4 Å². The maximum Gasteiger partial charge on any atom is 0.316 e. The predicted octanol–water partition coefficient (Wildman–Crippen LogP) is 2.67. The molecule has 0 N–H and O–H groups in total. The van der Waals surface area contributed by atoms with Gasteiger partial charge in [0.25, 0.3) is 0 Å². The van der Waals surface area contributed by atoms with E-state index < -0.39 is 5.41 Å². The van der Waals surface area contributed by atoms with E-state index in [1.165, 1.54) is 7.11 Å². The van der Waals surface area contributed by atoms with Gasteiger partial charge in [-0.15, -0.1) is 0 Å². The minimum absolute atomic E-state index is 0.158. The van der Waals surface area contributed by atoms with Crippen LogP contribution in [0.15, 0.2) is 24.3 Å². The third kappa shape index (κ3) is 3.78. The molecule has 0 saturated heterocycles. The highest BCUT2D eigenvalue weighted by molar-refractivity contribution is 5.86. The second kappa shape index (κ2) is 7.61. The maximum absolute atomic E-state index is 11.9. The first-order valence-corrected chi connectivity index (χ1v) is 7.71. The van der Waals surface area contributed by atoms with E-state index in [0.717, 1.165) is 24.2 Å². The van der Waals surface area contributed by atoms with Gasteiger partial charge in [-0.25, -0.2) is 0 Å². The van der Waals surface area contributed by atoms with Crippen LogP contribution in [0.1, 0.15) is 32.3 Å². The van der Waals surface area contributed by atoms with Crippen LogP contribution in [0.5, 0.6) is 5.75 Å². The van der Waals surface area contributed by atoms with Crippen molar-refractivity contribution >= 4 is 5.97 Å². The van der Waals surface area contributed by atoms with Crippen molar-refractivity contribution in [1.82, 2.24) is 0 Å². The summed E-state index contributed by atoms with van der Waals surface area (Å²) in [7, 11) is 1.43. The molecule has 2 rings (SSSR count). The number of carbonyl (C=O) groups excluding carboxylic acids is 1. The van der Waals surface area contributed by atoms with Crippen LogP contribution in [0.25, 0.3) is 0 Å². The van der Waals surface area contributed by atoms with E-state index >= 15 is 0 Å². The van der Waals surface area contributed by atoms with Gasteiger partial charge in [-0.2, -0.15) is 0 Å². The quantitative estimate of drug-likeness (QED) is 0.518. The van der Waals surface area contributed by atoms with Crippen molar-refractivity contribution in [3.63, 3.8) is 0 Å². The highest BCUT2D eigenvalue weighted by Gasteiger charge is 2.52. The molecule has 5 heteroatoms. The van der Waals surface area contributed by atoms with E-state index in [-0.39, 0.29) is 12.3 Å². The molecule has 0 heterocycles. The lowest BCUT2D eigenvalue weighted by molar-refractivity contribution is -0.152. The standard InChI is InChI=1S/C17H24O5/c1-4-20-15(21-5-2)12-22-14-8-6-13(7-9-14)17(10-11-17)16(18)19-3/h6-9,15H,4-5,10-12H2,1-3H3. The topological polar surface area (TPSA) is 54.0 Å². The van der Waals surface area contributed by atoms with Gasteiger partial charge in [-0.05, 0) is 44.4 Å². The van der Waals surface area contributed by atoms with Gasteiger partial charge in [0.15, 0.2) is 6.29 Å². The molecule has 1 aromatic carbocycles. The molecule has 1 saturated carbocycles. The van der Waals surface area contributed by atoms with Gasteiger partial charge in [-0.1, -0.05) is 12.1 Å². The molecule has 122 valence electrons. The molecule has 0 radical (unpaired) electrons. The third-order valence-electron chi connectivity index (χ3n) is 3.82. The fourth-order valence-electron chi connectivity index (χ4n) is 2.48. The van der Waals surface area contributed by atoms with Crippen molar-refractivity contribution in [3.05, 3.63) is 29.8 Å². The van der Waals surface area contributed by atoms with Gasteiger partial charge in [0, 0.05) is 13.2 Å². The van der Waals surface area contributed by atoms with Gasteiger partial charge in [0.1, 0.15) is 12.4 Å². The van der Waals surface area contributed by atoms with Gasteiger partial charge < -0.3 is 18.9 Å². The van der Waals surface area contributed by atoms with Crippen LogP contribution in [0.2, 0.25) is 0 Å².